The van der Waals surface area contributed by atoms with Crippen molar-refractivity contribution in [2.24, 2.45) is 0 Å². The van der Waals surface area contributed by atoms with Gasteiger partial charge in [0.15, 0.2) is 0 Å². The number of carbonyl (C=O) groups excluding carboxylic acids is 1. The molecule has 1 saturated heterocycles. The highest BCUT2D eigenvalue weighted by molar-refractivity contribution is 7.89. The van der Waals surface area contributed by atoms with Crippen LogP contribution in [0.5, 0.6) is 0 Å². The zero-order chi connectivity index (χ0) is 19.6. The van der Waals surface area contributed by atoms with E-state index in [1.165, 1.54) is 22.5 Å². The number of halogens is 3. The predicted molar refractivity (Wildman–Crippen MR) is 103 cm³/mol. The number of sulfonamides is 1. The Hall–Kier alpha value is -1.67. The zero-order valence-corrected chi connectivity index (χ0v) is 16.5. The smallest absolute Gasteiger partial charge is 0.255 e. The largest absolute Gasteiger partial charge is 0.322 e. The van der Waals surface area contributed by atoms with E-state index in [1.54, 1.807) is 6.07 Å². The molecule has 27 heavy (non-hydrogen) atoms. The first-order chi connectivity index (χ1) is 12.8. The molecule has 2 aromatic rings. The summed E-state index contributed by atoms with van der Waals surface area (Å²) in [6.45, 7) is 0.697. The Labute approximate surface area is 167 Å². The van der Waals surface area contributed by atoms with Crippen LogP contribution in [0.2, 0.25) is 10.0 Å². The van der Waals surface area contributed by atoms with Gasteiger partial charge in [-0.2, -0.15) is 4.31 Å². The third kappa shape index (κ3) is 4.43. The molecule has 0 bridgehead atoms. The van der Waals surface area contributed by atoms with E-state index in [0.29, 0.717) is 23.8 Å². The predicted octanol–water partition coefficient (Wildman–Crippen LogP) is 4.56. The molecular weight excluding hydrogens is 414 g/mol. The van der Waals surface area contributed by atoms with E-state index < -0.39 is 26.6 Å². The first kappa shape index (κ1) is 20.1. The molecule has 1 N–H and O–H groups in total. The van der Waals surface area contributed by atoms with Gasteiger partial charge in [-0.1, -0.05) is 29.6 Å². The van der Waals surface area contributed by atoms with E-state index in [0.717, 1.165) is 31.4 Å². The number of carbonyl (C=O) groups is 1. The Morgan fingerprint density at radius 1 is 1.00 bits per heavy atom. The third-order valence-corrected chi connectivity index (χ3v) is 6.96. The number of rotatable bonds is 4. The maximum absolute atomic E-state index is 14.2. The zero-order valence-electron chi connectivity index (χ0n) is 14.2. The van der Waals surface area contributed by atoms with Crippen LogP contribution in [0.4, 0.5) is 10.1 Å². The lowest BCUT2D eigenvalue weighted by atomic mass is 10.2. The van der Waals surface area contributed by atoms with Crippen LogP contribution in [0.15, 0.2) is 41.3 Å². The van der Waals surface area contributed by atoms with Crippen molar-refractivity contribution in [2.45, 2.75) is 24.2 Å². The van der Waals surface area contributed by atoms with E-state index in [2.05, 4.69) is 5.32 Å². The lowest BCUT2D eigenvalue weighted by Gasteiger charge is -2.26. The van der Waals surface area contributed by atoms with Crippen molar-refractivity contribution >= 4 is 44.8 Å². The molecule has 1 aliphatic rings. The average Bonchev–Trinajstić information content (AvgIpc) is 2.65. The summed E-state index contributed by atoms with van der Waals surface area (Å²) >= 11 is 11.8. The first-order valence-electron chi connectivity index (χ1n) is 8.35. The molecule has 5 nitrogen and oxygen atoms in total. The van der Waals surface area contributed by atoms with Crippen LogP contribution in [0.1, 0.15) is 29.6 Å². The summed E-state index contributed by atoms with van der Waals surface area (Å²) in [4.78, 5) is 12.0. The van der Waals surface area contributed by atoms with Crippen LogP contribution in [0.25, 0.3) is 0 Å². The van der Waals surface area contributed by atoms with Crippen molar-refractivity contribution in [3.8, 4) is 0 Å². The van der Waals surface area contributed by atoms with Crippen LogP contribution < -0.4 is 5.32 Å². The van der Waals surface area contributed by atoms with E-state index in [-0.39, 0.29) is 10.6 Å². The summed E-state index contributed by atoms with van der Waals surface area (Å²) in [5.41, 5.74) is 0.414. The number of nitrogens with zero attached hydrogens (tertiary/aromatic N) is 1. The van der Waals surface area contributed by atoms with Crippen LogP contribution >= 0.6 is 23.2 Å². The molecule has 1 aliphatic heterocycles. The average molecular weight is 431 g/mol. The molecule has 9 heteroatoms. The number of nitrogens with one attached hydrogen (secondary N) is 1. The Bertz CT molecular complexity index is 977. The van der Waals surface area contributed by atoms with Crippen LogP contribution in [-0.2, 0) is 10.0 Å². The maximum atomic E-state index is 14.2. The molecule has 0 unspecified atom stereocenters. The summed E-state index contributed by atoms with van der Waals surface area (Å²) < 4.78 is 41.0. The van der Waals surface area contributed by atoms with E-state index in [1.807, 2.05) is 0 Å². The van der Waals surface area contributed by atoms with Crippen molar-refractivity contribution in [3.63, 3.8) is 0 Å². The van der Waals surface area contributed by atoms with Crippen LogP contribution in [0, 0.1) is 5.82 Å². The highest BCUT2D eigenvalue weighted by atomic mass is 35.5. The minimum atomic E-state index is -3.99. The molecule has 0 atom stereocenters. The van der Waals surface area contributed by atoms with Gasteiger partial charge in [-0.05, 0) is 49.2 Å². The van der Waals surface area contributed by atoms with Gasteiger partial charge in [0.1, 0.15) is 10.7 Å². The normalized spacial score (nSPS) is 15.5. The molecule has 0 spiro atoms. The van der Waals surface area contributed by atoms with Gasteiger partial charge in [-0.3, -0.25) is 4.79 Å². The molecule has 1 fully saturated rings. The first-order valence-corrected chi connectivity index (χ1v) is 10.5. The van der Waals surface area contributed by atoms with Crippen molar-refractivity contribution in [1.29, 1.82) is 0 Å². The minimum absolute atomic E-state index is 0.0260. The topological polar surface area (TPSA) is 66.5 Å². The number of amides is 1. The fraction of sp³-hybridized carbons (Fsp3) is 0.278. The van der Waals surface area contributed by atoms with Crippen molar-refractivity contribution < 1.29 is 17.6 Å². The van der Waals surface area contributed by atoms with E-state index >= 15 is 0 Å². The summed E-state index contributed by atoms with van der Waals surface area (Å²) in [6.07, 6.45) is 2.41. The molecule has 0 radical (unpaired) electrons. The molecule has 1 heterocycles. The number of benzene rings is 2. The maximum Gasteiger partial charge on any atom is 0.255 e. The number of anilines is 1. The number of hydrogen-bond acceptors (Lipinski definition) is 3. The molecular formula is C18H17Cl2FN2O3S. The fourth-order valence-corrected chi connectivity index (χ4v) is 4.77. The van der Waals surface area contributed by atoms with E-state index in [9.17, 15) is 17.6 Å². The Morgan fingerprint density at radius 2 is 1.70 bits per heavy atom. The monoisotopic (exact) mass is 430 g/mol. The summed E-state index contributed by atoms with van der Waals surface area (Å²) in [7, 11) is -3.99. The second-order valence-corrected chi connectivity index (χ2v) is 8.91. The van der Waals surface area contributed by atoms with Gasteiger partial charge in [0, 0.05) is 24.3 Å². The third-order valence-electron chi connectivity index (χ3n) is 4.30. The molecule has 1 amide bonds. The van der Waals surface area contributed by atoms with Gasteiger partial charge >= 0.3 is 0 Å². The Morgan fingerprint density at radius 3 is 2.37 bits per heavy atom. The van der Waals surface area contributed by atoms with Gasteiger partial charge < -0.3 is 5.32 Å². The molecule has 3 rings (SSSR count). The van der Waals surface area contributed by atoms with Gasteiger partial charge in [0.05, 0.1) is 10.0 Å². The molecule has 0 saturated carbocycles. The summed E-state index contributed by atoms with van der Waals surface area (Å²) in [5.74, 6) is -1.46. The second kappa shape index (κ2) is 8.14. The van der Waals surface area contributed by atoms with E-state index in [4.69, 9.17) is 23.2 Å². The quantitative estimate of drug-likeness (QED) is 0.772. The van der Waals surface area contributed by atoms with Gasteiger partial charge in [0.25, 0.3) is 5.91 Å². The molecule has 144 valence electrons. The highest BCUT2D eigenvalue weighted by Gasteiger charge is 2.29. The standard InChI is InChI=1S/C18H17Cl2FN2O3S/c19-14-6-5-13(11-15(14)20)22-18(24)12-4-7-16(21)17(10-12)27(25,26)23-8-2-1-3-9-23/h4-7,10-11H,1-3,8-9H2,(H,22,24). The molecule has 0 aromatic heterocycles. The van der Waals surface area contributed by atoms with Gasteiger partial charge in [0.2, 0.25) is 10.0 Å². The van der Waals surface area contributed by atoms with Crippen molar-refractivity contribution in [3.05, 3.63) is 57.8 Å². The number of hydrogen-bond donors (Lipinski definition) is 1. The highest BCUT2D eigenvalue weighted by Crippen LogP contribution is 2.27. The minimum Gasteiger partial charge on any atom is -0.322 e. The fourth-order valence-electron chi connectivity index (χ4n) is 2.86. The number of piperidine rings is 1. The Balaban J connectivity index is 1.88. The molecule has 0 aliphatic carbocycles. The van der Waals surface area contributed by atoms with Gasteiger partial charge in [-0.25, -0.2) is 12.8 Å². The van der Waals surface area contributed by atoms with Gasteiger partial charge in [-0.15, -0.1) is 0 Å². The lowest BCUT2D eigenvalue weighted by molar-refractivity contribution is 0.102. The molecule has 2 aromatic carbocycles. The summed E-state index contributed by atoms with van der Waals surface area (Å²) in [5, 5.41) is 3.20. The van der Waals surface area contributed by atoms with Crippen molar-refractivity contribution in [1.82, 2.24) is 4.31 Å². The van der Waals surface area contributed by atoms with Crippen LogP contribution in [0.3, 0.4) is 0 Å². The summed E-state index contributed by atoms with van der Waals surface area (Å²) in [6, 6.07) is 7.83. The SMILES string of the molecule is O=C(Nc1ccc(Cl)c(Cl)c1)c1ccc(F)c(S(=O)(=O)N2CCCCC2)c1. The second-order valence-electron chi connectivity index (χ2n) is 6.19. The lowest BCUT2D eigenvalue weighted by Crippen LogP contribution is -2.36. The van der Waals surface area contributed by atoms with Crippen LogP contribution in [-0.4, -0.2) is 31.7 Å². The van der Waals surface area contributed by atoms with Crippen molar-refractivity contribution in [2.75, 3.05) is 18.4 Å². The Kier molecular flexibility index (Phi) is 6.05.